The van der Waals surface area contributed by atoms with Crippen LogP contribution in [0, 0.1) is 5.41 Å². The van der Waals surface area contributed by atoms with Crippen LogP contribution < -0.4 is 5.32 Å². The molecule has 1 saturated heterocycles. The Hall–Kier alpha value is -2.81. The SMILES string of the molecule is C[C@@]1(CN(O)C(=O)c2ccccc2)CO[C@H](CNC(=O)c2ccncc2)[C@H]1O. The zero-order valence-electron chi connectivity index (χ0n) is 15.5. The zero-order valence-corrected chi connectivity index (χ0v) is 15.5. The van der Waals surface area contributed by atoms with Gasteiger partial charge in [-0.3, -0.25) is 19.8 Å². The van der Waals surface area contributed by atoms with E-state index in [-0.39, 0.29) is 25.6 Å². The molecule has 1 fully saturated rings. The van der Waals surface area contributed by atoms with Crippen LogP contribution in [0.4, 0.5) is 0 Å². The van der Waals surface area contributed by atoms with Gasteiger partial charge in [-0.1, -0.05) is 25.1 Å². The summed E-state index contributed by atoms with van der Waals surface area (Å²) < 4.78 is 5.63. The van der Waals surface area contributed by atoms with Crippen molar-refractivity contribution in [1.82, 2.24) is 15.4 Å². The van der Waals surface area contributed by atoms with E-state index in [4.69, 9.17) is 4.74 Å². The minimum absolute atomic E-state index is 0.101. The predicted octanol–water partition coefficient (Wildman–Crippen LogP) is 1.11. The highest BCUT2D eigenvalue weighted by Gasteiger charge is 2.47. The lowest BCUT2D eigenvalue weighted by molar-refractivity contribution is -0.0940. The van der Waals surface area contributed by atoms with Crippen molar-refractivity contribution in [2.75, 3.05) is 19.7 Å². The number of ether oxygens (including phenoxy) is 1. The normalized spacial score (nSPS) is 24.0. The third kappa shape index (κ3) is 4.36. The van der Waals surface area contributed by atoms with Crippen molar-refractivity contribution >= 4 is 11.8 Å². The molecule has 2 amide bonds. The van der Waals surface area contributed by atoms with E-state index in [2.05, 4.69) is 10.3 Å². The Bertz CT molecular complexity index is 817. The number of aliphatic hydroxyl groups excluding tert-OH is 1. The number of aliphatic hydroxyl groups is 1. The number of rotatable bonds is 6. The van der Waals surface area contributed by atoms with Crippen LogP contribution >= 0.6 is 0 Å². The molecule has 28 heavy (non-hydrogen) atoms. The maximum absolute atomic E-state index is 12.3. The molecule has 1 aromatic carbocycles. The summed E-state index contributed by atoms with van der Waals surface area (Å²) in [4.78, 5) is 28.3. The summed E-state index contributed by atoms with van der Waals surface area (Å²) >= 11 is 0. The Morgan fingerprint density at radius 2 is 1.89 bits per heavy atom. The first kappa shape index (κ1) is 19.9. The highest BCUT2D eigenvalue weighted by Crippen LogP contribution is 2.33. The van der Waals surface area contributed by atoms with Gasteiger partial charge in [-0.25, -0.2) is 5.06 Å². The molecule has 0 radical (unpaired) electrons. The van der Waals surface area contributed by atoms with Crippen molar-refractivity contribution in [3.05, 3.63) is 66.0 Å². The smallest absolute Gasteiger partial charge is 0.277 e. The molecule has 3 rings (SSSR count). The summed E-state index contributed by atoms with van der Waals surface area (Å²) in [6, 6.07) is 11.6. The number of hydrogen-bond acceptors (Lipinski definition) is 6. The van der Waals surface area contributed by atoms with E-state index in [0.29, 0.717) is 16.2 Å². The van der Waals surface area contributed by atoms with Crippen molar-refractivity contribution in [3.63, 3.8) is 0 Å². The van der Waals surface area contributed by atoms with E-state index in [1.165, 1.54) is 12.4 Å². The highest BCUT2D eigenvalue weighted by molar-refractivity contribution is 5.94. The Morgan fingerprint density at radius 1 is 1.21 bits per heavy atom. The molecule has 0 unspecified atom stereocenters. The Labute approximate surface area is 162 Å². The van der Waals surface area contributed by atoms with E-state index in [1.54, 1.807) is 49.4 Å². The number of nitrogens with zero attached hydrogens (tertiary/aromatic N) is 2. The number of amides is 2. The second kappa shape index (κ2) is 8.47. The van der Waals surface area contributed by atoms with Crippen LogP contribution in [-0.4, -0.2) is 64.1 Å². The lowest BCUT2D eigenvalue weighted by Gasteiger charge is -2.31. The van der Waals surface area contributed by atoms with Gasteiger partial charge in [-0.05, 0) is 24.3 Å². The fraction of sp³-hybridized carbons (Fsp3) is 0.350. The van der Waals surface area contributed by atoms with Crippen LogP contribution in [0.5, 0.6) is 0 Å². The molecular formula is C20H23N3O5. The quantitative estimate of drug-likeness (QED) is 0.507. The zero-order chi connectivity index (χ0) is 20.1. The van der Waals surface area contributed by atoms with E-state index in [9.17, 15) is 19.9 Å². The van der Waals surface area contributed by atoms with E-state index in [0.717, 1.165) is 0 Å². The van der Waals surface area contributed by atoms with Gasteiger partial charge in [-0.15, -0.1) is 0 Å². The molecule has 0 bridgehead atoms. The van der Waals surface area contributed by atoms with Crippen LogP contribution in [-0.2, 0) is 4.74 Å². The van der Waals surface area contributed by atoms with E-state index < -0.39 is 23.5 Å². The Balaban J connectivity index is 1.56. The number of hydrogen-bond donors (Lipinski definition) is 3. The average molecular weight is 385 g/mol. The van der Waals surface area contributed by atoms with Crippen LogP contribution in [0.1, 0.15) is 27.6 Å². The summed E-state index contributed by atoms with van der Waals surface area (Å²) in [5, 5.41) is 24.2. The van der Waals surface area contributed by atoms with Gasteiger partial charge in [0.1, 0.15) is 6.10 Å². The van der Waals surface area contributed by atoms with Gasteiger partial charge in [0, 0.05) is 35.5 Å². The minimum Gasteiger partial charge on any atom is -0.390 e. The number of pyridine rings is 1. The third-order valence-electron chi connectivity index (χ3n) is 4.87. The van der Waals surface area contributed by atoms with Gasteiger partial charge in [0.2, 0.25) is 0 Å². The van der Waals surface area contributed by atoms with E-state index >= 15 is 0 Å². The molecule has 2 aromatic rings. The largest absolute Gasteiger partial charge is 0.390 e. The Morgan fingerprint density at radius 3 is 2.57 bits per heavy atom. The van der Waals surface area contributed by atoms with Crippen molar-refractivity contribution in [3.8, 4) is 0 Å². The molecule has 148 valence electrons. The van der Waals surface area contributed by atoms with Gasteiger partial charge in [-0.2, -0.15) is 0 Å². The maximum atomic E-state index is 12.3. The number of hydroxylamine groups is 2. The molecule has 0 spiro atoms. The molecule has 0 saturated carbocycles. The molecule has 3 N–H and O–H groups in total. The summed E-state index contributed by atoms with van der Waals surface area (Å²) in [7, 11) is 0. The van der Waals surface area contributed by atoms with Gasteiger partial charge in [0.05, 0.1) is 19.3 Å². The van der Waals surface area contributed by atoms with Crippen LogP contribution in [0.25, 0.3) is 0 Å². The first-order valence-corrected chi connectivity index (χ1v) is 8.94. The highest BCUT2D eigenvalue weighted by atomic mass is 16.5. The lowest BCUT2D eigenvalue weighted by Crippen LogP contribution is -2.47. The summed E-state index contributed by atoms with van der Waals surface area (Å²) in [5.74, 6) is -0.849. The standard InChI is InChI=1S/C20H23N3O5/c1-20(12-23(27)19(26)15-5-3-2-4-6-15)13-28-16(17(20)24)11-22-18(25)14-7-9-21-10-8-14/h2-10,16-17,24,27H,11-13H2,1H3,(H,22,25)/t16-,17-,20-/m1/s1. The number of aromatic nitrogens is 1. The van der Waals surface area contributed by atoms with E-state index in [1.807, 2.05) is 0 Å². The van der Waals surface area contributed by atoms with Gasteiger partial charge in [0.15, 0.2) is 0 Å². The van der Waals surface area contributed by atoms with Crippen molar-refractivity contribution < 1.29 is 24.6 Å². The predicted molar refractivity (Wildman–Crippen MR) is 99.7 cm³/mol. The fourth-order valence-electron chi connectivity index (χ4n) is 3.17. The monoisotopic (exact) mass is 385 g/mol. The number of nitrogens with one attached hydrogen (secondary N) is 1. The maximum Gasteiger partial charge on any atom is 0.277 e. The number of benzene rings is 1. The minimum atomic E-state index is -0.969. The first-order valence-electron chi connectivity index (χ1n) is 8.94. The molecule has 3 atom stereocenters. The van der Waals surface area contributed by atoms with Crippen LogP contribution in [0.15, 0.2) is 54.9 Å². The molecule has 8 nitrogen and oxygen atoms in total. The fourth-order valence-corrected chi connectivity index (χ4v) is 3.17. The van der Waals surface area contributed by atoms with Gasteiger partial charge < -0.3 is 15.2 Å². The summed E-state index contributed by atoms with van der Waals surface area (Å²) in [6.07, 6.45) is 1.43. The molecule has 1 aliphatic rings. The molecule has 1 aliphatic heterocycles. The van der Waals surface area contributed by atoms with Crippen molar-refractivity contribution in [2.24, 2.45) is 5.41 Å². The second-order valence-electron chi connectivity index (χ2n) is 7.12. The first-order chi connectivity index (χ1) is 13.4. The topological polar surface area (TPSA) is 112 Å². The molecule has 0 aliphatic carbocycles. The molecular weight excluding hydrogens is 362 g/mol. The van der Waals surface area contributed by atoms with Crippen LogP contribution in [0.3, 0.4) is 0 Å². The van der Waals surface area contributed by atoms with Gasteiger partial charge in [0.25, 0.3) is 11.8 Å². The van der Waals surface area contributed by atoms with Crippen molar-refractivity contribution in [1.29, 1.82) is 0 Å². The molecule has 8 heteroatoms. The number of carbonyl (C=O) groups is 2. The molecule has 1 aromatic heterocycles. The Kier molecular flexibility index (Phi) is 6.03. The summed E-state index contributed by atoms with van der Waals surface area (Å²) in [6.45, 7) is 1.87. The number of carbonyl (C=O) groups excluding carboxylic acids is 2. The van der Waals surface area contributed by atoms with Crippen LogP contribution in [0.2, 0.25) is 0 Å². The molecule has 2 heterocycles. The summed E-state index contributed by atoms with van der Waals surface area (Å²) in [5.41, 5.74) is -0.0611. The third-order valence-corrected chi connectivity index (χ3v) is 4.87. The average Bonchev–Trinajstić information content (AvgIpc) is 3.00. The van der Waals surface area contributed by atoms with Crippen molar-refractivity contribution in [2.45, 2.75) is 19.1 Å². The lowest BCUT2D eigenvalue weighted by atomic mass is 9.84. The van der Waals surface area contributed by atoms with Gasteiger partial charge >= 0.3 is 0 Å². The second-order valence-corrected chi connectivity index (χ2v) is 7.12.